The van der Waals surface area contributed by atoms with Crippen molar-refractivity contribution in [2.45, 2.75) is 20.0 Å². The molecule has 0 unspecified atom stereocenters. The number of para-hydroxylation sites is 2. The molecule has 162 valence electrons. The van der Waals surface area contributed by atoms with Crippen LogP contribution in [0, 0.1) is 13.8 Å². The first-order valence-corrected chi connectivity index (χ1v) is 10.3. The van der Waals surface area contributed by atoms with Crippen molar-refractivity contribution >= 4 is 28.1 Å². The Bertz CT molecular complexity index is 1300. The molecule has 4 rings (SSSR count). The third kappa shape index (κ3) is 3.93. The van der Waals surface area contributed by atoms with Gasteiger partial charge in [0.05, 0.1) is 17.6 Å². The van der Waals surface area contributed by atoms with Gasteiger partial charge in [-0.3, -0.25) is 4.79 Å². The minimum Gasteiger partial charge on any atom is -0.506 e. The summed E-state index contributed by atoms with van der Waals surface area (Å²) >= 11 is 0. The lowest BCUT2D eigenvalue weighted by molar-refractivity contribution is 0.0948. The zero-order chi connectivity index (χ0) is 22.8. The number of Topliss-reactive ketones (excluding diaryl/α,β-unsaturated/α-hetero) is 1. The van der Waals surface area contributed by atoms with Crippen molar-refractivity contribution in [3.8, 4) is 0 Å². The van der Waals surface area contributed by atoms with E-state index in [1.54, 1.807) is 37.3 Å². The summed E-state index contributed by atoms with van der Waals surface area (Å²) in [4.78, 5) is 21.5. The first-order valence-electron chi connectivity index (χ1n) is 10.3. The molecule has 1 heterocycles. The molecule has 0 radical (unpaired) electrons. The molecule has 0 bridgehead atoms. The first kappa shape index (κ1) is 21.5. The number of allylic oxidation sites excluding steroid dienone is 1. The smallest absolute Gasteiger partial charge is 0.200 e. The molecule has 32 heavy (non-hydrogen) atoms. The minimum absolute atomic E-state index is 0.0329. The molecule has 0 amide bonds. The predicted molar refractivity (Wildman–Crippen MR) is 124 cm³/mol. The number of aromatic nitrogens is 2. The number of hydrogen-bond donors (Lipinski definition) is 4. The third-order valence-corrected chi connectivity index (χ3v) is 5.53. The second-order valence-electron chi connectivity index (χ2n) is 7.74. The Morgan fingerprint density at radius 2 is 1.78 bits per heavy atom. The van der Waals surface area contributed by atoms with Crippen LogP contribution in [-0.4, -0.2) is 37.7 Å². The Labute approximate surface area is 185 Å². The quantitative estimate of drug-likeness (QED) is 0.205. The summed E-state index contributed by atoms with van der Waals surface area (Å²) in [5.74, 6) is -0.375. The van der Waals surface area contributed by atoms with Gasteiger partial charge in [0.2, 0.25) is 5.78 Å². The maximum Gasteiger partial charge on any atom is 0.200 e. The lowest BCUT2D eigenvalue weighted by Gasteiger charge is -2.15. The largest absolute Gasteiger partial charge is 0.506 e. The summed E-state index contributed by atoms with van der Waals surface area (Å²) < 4.78 is 0. The third-order valence-electron chi connectivity index (χ3n) is 5.53. The highest BCUT2D eigenvalue weighted by molar-refractivity contribution is 6.33. The summed E-state index contributed by atoms with van der Waals surface area (Å²) in [5.41, 5.74) is 4.18. The highest BCUT2D eigenvalue weighted by atomic mass is 16.3. The minimum atomic E-state index is -1.10. The van der Waals surface area contributed by atoms with Crippen LogP contribution in [0.1, 0.15) is 44.5 Å². The number of carbonyl (C=O) groups is 1. The zero-order valence-corrected chi connectivity index (χ0v) is 17.8. The Kier molecular flexibility index (Phi) is 5.90. The molecular weight excluding hydrogens is 404 g/mol. The van der Waals surface area contributed by atoms with E-state index in [0.29, 0.717) is 27.8 Å². The van der Waals surface area contributed by atoms with Crippen molar-refractivity contribution < 1.29 is 20.1 Å². The van der Waals surface area contributed by atoms with Crippen LogP contribution in [0.25, 0.3) is 22.4 Å². The molecule has 0 saturated heterocycles. The summed E-state index contributed by atoms with van der Waals surface area (Å²) in [6.45, 7) is 3.16. The van der Waals surface area contributed by atoms with Crippen LogP contribution < -0.4 is 0 Å². The van der Waals surface area contributed by atoms with Gasteiger partial charge >= 0.3 is 0 Å². The maximum atomic E-state index is 13.8. The monoisotopic (exact) mass is 428 g/mol. The fraction of sp³-hybridized carbons (Fsp3) is 0.154. The van der Waals surface area contributed by atoms with E-state index in [2.05, 4.69) is 9.97 Å². The number of aromatic amines is 1. The molecular formula is C26H24N2O4. The molecule has 1 atom stereocenters. The predicted octanol–water partition coefficient (Wildman–Crippen LogP) is 4.51. The highest BCUT2D eigenvalue weighted by Crippen LogP contribution is 2.31. The second-order valence-corrected chi connectivity index (χ2v) is 7.74. The topological polar surface area (TPSA) is 106 Å². The second kappa shape index (κ2) is 8.78. The van der Waals surface area contributed by atoms with E-state index >= 15 is 0 Å². The number of rotatable bonds is 6. The number of nitrogens with zero attached hydrogens (tertiary/aromatic N) is 1. The van der Waals surface area contributed by atoms with E-state index in [-0.39, 0.29) is 17.2 Å². The van der Waals surface area contributed by atoms with Crippen LogP contribution in [0.3, 0.4) is 0 Å². The Morgan fingerprint density at radius 1 is 1.03 bits per heavy atom. The van der Waals surface area contributed by atoms with E-state index < -0.39 is 18.5 Å². The number of carbonyl (C=O) groups excluding carboxylic acids is 1. The number of imidazole rings is 1. The lowest BCUT2D eigenvalue weighted by Crippen LogP contribution is -2.12. The molecule has 0 spiro atoms. The molecule has 0 fully saturated rings. The Morgan fingerprint density at radius 3 is 2.50 bits per heavy atom. The number of aryl methyl sites for hydroxylation is 1. The Balaban J connectivity index is 1.94. The van der Waals surface area contributed by atoms with Crippen LogP contribution >= 0.6 is 0 Å². The van der Waals surface area contributed by atoms with Gasteiger partial charge in [0, 0.05) is 11.1 Å². The standard InChI is InChI=1S/C26H24N2O4/c1-15-7-5-8-17(13-15)24(31)23(26-27-20-11-3-4-12-21(20)28-26)25(32)19-10-6-9-18(16(19)2)22(30)14-29/h3-13,22,29-31H,14H2,1-2H3,(H,27,28)/t22-/m0/s1. The van der Waals surface area contributed by atoms with Gasteiger partial charge in [0.15, 0.2) is 0 Å². The fourth-order valence-corrected chi connectivity index (χ4v) is 3.83. The van der Waals surface area contributed by atoms with Gasteiger partial charge in [0.25, 0.3) is 0 Å². The number of aliphatic hydroxyl groups is 3. The molecule has 0 saturated carbocycles. The van der Waals surface area contributed by atoms with Crippen molar-refractivity contribution in [1.82, 2.24) is 9.97 Å². The van der Waals surface area contributed by atoms with Crippen LogP contribution in [0.2, 0.25) is 0 Å². The summed E-state index contributed by atoms with van der Waals surface area (Å²) in [5, 5.41) is 30.8. The van der Waals surface area contributed by atoms with Crippen molar-refractivity contribution in [3.63, 3.8) is 0 Å². The van der Waals surface area contributed by atoms with Crippen LogP contribution in [-0.2, 0) is 0 Å². The summed E-state index contributed by atoms with van der Waals surface area (Å²) in [7, 11) is 0. The number of ketones is 1. The van der Waals surface area contributed by atoms with Gasteiger partial charge in [-0.15, -0.1) is 0 Å². The molecule has 4 aromatic rings. The van der Waals surface area contributed by atoms with Gasteiger partial charge in [-0.05, 0) is 43.2 Å². The van der Waals surface area contributed by atoms with E-state index in [1.807, 2.05) is 43.3 Å². The summed E-state index contributed by atoms with van der Waals surface area (Å²) in [6, 6.07) is 19.6. The molecule has 0 aliphatic heterocycles. The zero-order valence-electron chi connectivity index (χ0n) is 17.8. The van der Waals surface area contributed by atoms with Crippen molar-refractivity contribution in [2.75, 3.05) is 6.61 Å². The number of benzene rings is 3. The number of H-pyrrole nitrogens is 1. The van der Waals surface area contributed by atoms with Gasteiger partial charge in [-0.1, -0.05) is 54.1 Å². The molecule has 4 N–H and O–H groups in total. The maximum absolute atomic E-state index is 13.8. The van der Waals surface area contributed by atoms with E-state index in [1.165, 1.54) is 0 Å². The van der Waals surface area contributed by atoms with Gasteiger partial charge in [0.1, 0.15) is 23.3 Å². The fourth-order valence-electron chi connectivity index (χ4n) is 3.83. The van der Waals surface area contributed by atoms with E-state index in [0.717, 1.165) is 11.1 Å². The van der Waals surface area contributed by atoms with Gasteiger partial charge < -0.3 is 20.3 Å². The van der Waals surface area contributed by atoms with Crippen molar-refractivity contribution in [3.05, 3.63) is 100 Å². The number of nitrogens with one attached hydrogen (secondary N) is 1. The van der Waals surface area contributed by atoms with E-state index in [9.17, 15) is 20.1 Å². The SMILES string of the molecule is Cc1cccc(C(O)=C(C(=O)c2cccc([C@@H](O)CO)c2C)c2nc3ccccc3[nH]2)c1. The van der Waals surface area contributed by atoms with Crippen LogP contribution in [0.15, 0.2) is 66.7 Å². The van der Waals surface area contributed by atoms with Crippen LogP contribution in [0.5, 0.6) is 0 Å². The molecule has 3 aromatic carbocycles. The van der Waals surface area contributed by atoms with Gasteiger partial charge in [-0.2, -0.15) is 0 Å². The highest BCUT2D eigenvalue weighted by Gasteiger charge is 2.26. The number of fused-ring (bicyclic) bond motifs is 1. The lowest BCUT2D eigenvalue weighted by atomic mass is 9.91. The molecule has 0 aliphatic rings. The molecule has 0 aliphatic carbocycles. The van der Waals surface area contributed by atoms with Crippen molar-refractivity contribution in [1.29, 1.82) is 0 Å². The molecule has 6 nitrogen and oxygen atoms in total. The average Bonchev–Trinajstić information content (AvgIpc) is 3.22. The Hall–Kier alpha value is -3.74. The molecule has 1 aromatic heterocycles. The number of hydrogen-bond acceptors (Lipinski definition) is 5. The molecule has 6 heteroatoms. The number of aliphatic hydroxyl groups excluding tert-OH is 3. The normalized spacial score (nSPS) is 13.1. The van der Waals surface area contributed by atoms with Crippen LogP contribution in [0.4, 0.5) is 0 Å². The van der Waals surface area contributed by atoms with Gasteiger partial charge in [-0.25, -0.2) is 4.98 Å². The van der Waals surface area contributed by atoms with Crippen molar-refractivity contribution in [2.24, 2.45) is 0 Å². The van der Waals surface area contributed by atoms with E-state index in [4.69, 9.17) is 0 Å². The summed E-state index contributed by atoms with van der Waals surface area (Å²) in [6.07, 6.45) is -1.10. The first-order chi connectivity index (χ1) is 15.4. The average molecular weight is 428 g/mol.